The fourth-order valence-electron chi connectivity index (χ4n) is 1.47. The molecule has 0 saturated heterocycles. The highest BCUT2D eigenvalue weighted by molar-refractivity contribution is 6.30. The number of benzene rings is 1. The number of carbonyl (C=O) groups is 1. The van der Waals surface area contributed by atoms with Crippen molar-refractivity contribution in [3.8, 4) is 5.75 Å². The van der Waals surface area contributed by atoms with Gasteiger partial charge in [0.2, 0.25) is 0 Å². The van der Waals surface area contributed by atoms with Gasteiger partial charge in [0.1, 0.15) is 11.4 Å². The normalized spacial score (nSPS) is 15.3. The summed E-state index contributed by atoms with van der Waals surface area (Å²) < 4.78 is 5.55. The molecule has 0 aliphatic heterocycles. The van der Waals surface area contributed by atoms with Gasteiger partial charge < -0.3 is 20.3 Å². The topological polar surface area (TPSA) is 78.8 Å². The van der Waals surface area contributed by atoms with Crippen molar-refractivity contribution >= 4 is 17.5 Å². The summed E-state index contributed by atoms with van der Waals surface area (Å²) in [6.45, 7) is 4.40. The highest BCUT2D eigenvalue weighted by Crippen LogP contribution is 2.22. The molecule has 0 aromatic heterocycles. The summed E-state index contributed by atoms with van der Waals surface area (Å²) in [6, 6.07) is 5.13. The molecular formula is C14H20ClNO4. The molecule has 0 spiro atoms. The molecule has 1 aromatic rings. The highest BCUT2D eigenvalue weighted by atomic mass is 35.5. The quantitative estimate of drug-likeness (QED) is 0.739. The van der Waals surface area contributed by atoms with Crippen LogP contribution in [0.25, 0.3) is 0 Å². The molecule has 0 aliphatic carbocycles. The van der Waals surface area contributed by atoms with Crippen LogP contribution in [0.15, 0.2) is 18.2 Å². The van der Waals surface area contributed by atoms with E-state index in [0.29, 0.717) is 10.8 Å². The van der Waals surface area contributed by atoms with E-state index in [9.17, 15) is 9.90 Å². The van der Waals surface area contributed by atoms with E-state index in [2.05, 4.69) is 5.32 Å². The van der Waals surface area contributed by atoms with E-state index in [4.69, 9.17) is 21.4 Å². The minimum absolute atomic E-state index is 0.0460. The molecule has 0 fully saturated rings. The summed E-state index contributed by atoms with van der Waals surface area (Å²) in [5.41, 5.74) is -0.509. The Balaban J connectivity index is 2.57. The Hall–Kier alpha value is -1.30. The average molecular weight is 302 g/mol. The van der Waals surface area contributed by atoms with Gasteiger partial charge in [0, 0.05) is 11.6 Å². The molecule has 20 heavy (non-hydrogen) atoms. The van der Waals surface area contributed by atoms with Crippen LogP contribution in [0.1, 0.15) is 19.4 Å². The van der Waals surface area contributed by atoms with Crippen LogP contribution in [0.2, 0.25) is 5.02 Å². The number of hydrogen-bond acceptors (Lipinski definition) is 4. The van der Waals surface area contributed by atoms with Crippen LogP contribution in [0.5, 0.6) is 5.75 Å². The van der Waals surface area contributed by atoms with Gasteiger partial charge in [0.25, 0.3) is 5.91 Å². The second-order valence-corrected chi connectivity index (χ2v) is 5.48. The Morgan fingerprint density at radius 3 is 2.75 bits per heavy atom. The molecule has 1 aromatic carbocycles. The molecule has 6 heteroatoms. The van der Waals surface area contributed by atoms with E-state index in [1.54, 1.807) is 25.1 Å². The van der Waals surface area contributed by atoms with E-state index >= 15 is 0 Å². The van der Waals surface area contributed by atoms with Gasteiger partial charge in [-0.25, -0.2) is 0 Å². The predicted octanol–water partition coefficient (Wildman–Crippen LogP) is 1.28. The number of nitrogens with one attached hydrogen (secondary N) is 1. The fraction of sp³-hybridized carbons (Fsp3) is 0.500. The fourth-order valence-corrected chi connectivity index (χ4v) is 1.69. The van der Waals surface area contributed by atoms with Crippen molar-refractivity contribution < 1.29 is 19.7 Å². The molecule has 2 unspecified atom stereocenters. The van der Waals surface area contributed by atoms with E-state index in [-0.39, 0.29) is 12.5 Å². The van der Waals surface area contributed by atoms with Gasteiger partial charge in [-0.3, -0.25) is 4.79 Å². The lowest BCUT2D eigenvalue weighted by molar-refractivity contribution is -0.128. The molecule has 5 nitrogen and oxygen atoms in total. The second-order valence-electron chi connectivity index (χ2n) is 5.04. The SMILES string of the molecule is Cc1cc(Cl)ccc1OC(C)C(=O)NCC(C)(O)CO. The summed E-state index contributed by atoms with van der Waals surface area (Å²) in [4.78, 5) is 11.8. The Bertz CT molecular complexity index is 476. The van der Waals surface area contributed by atoms with Crippen LogP contribution < -0.4 is 10.1 Å². The first-order chi connectivity index (χ1) is 9.25. The summed E-state index contributed by atoms with van der Waals surface area (Å²) >= 11 is 5.85. The molecule has 3 N–H and O–H groups in total. The lowest BCUT2D eigenvalue weighted by Crippen LogP contribution is -2.46. The number of hydrogen-bond donors (Lipinski definition) is 3. The second kappa shape index (κ2) is 6.92. The highest BCUT2D eigenvalue weighted by Gasteiger charge is 2.22. The standard InChI is InChI=1S/C14H20ClNO4/c1-9-6-11(15)4-5-12(9)20-10(2)13(18)16-7-14(3,19)8-17/h4-6,10,17,19H,7-8H2,1-3H3,(H,16,18). The lowest BCUT2D eigenvalue weighted by Gasteiger charge is -2.22. The van der Waals surface area contributed by atoms with Crippen molar-refractivity contribution in [1.29, 1.82) is 0 Å². The van der Waals surface area contributed by atoms with Crippen molar-refractivity contribution in [2.75, 3.05) is 13.2 Å². The number of aryl methyl sites for hydroxylation is 1. The van der Waals surface area contributed by atoms with Crippen LogP contribution >= 0.6 is 11.6 Å². The van der Waals surface area contributed by atoms with Crippen LogP contribution in [0.4, 0.5) is 0 Å². The maximum Gasteiger partial charge on any atom is 0.260 e. The maximum atomic E-state index is 11.8. The van der Waals surface area contributed by atoms with Crippen molar-refractivity contribution in [2.24, 2.45) is 0 Å². The summed E-state index contributed by atoms with van der Waals surface area (Å²) in [7, 11) is 0. The van der Waals surface area contributed by atoms with Crippen LogP contribution in [0, 0.1) is 6.92 Å². The van der Waals surface area contributed by atoms with Crippen molar-refractivity contribution in [1.82, 2.24) is 5.32 Å². The zero-order valence-electron chi connectivity index (χ0n) is 11.8. The summed E-state index contributed by atoms with van der Waals surface area (Å²) in [5.74, 6) is 0.207. The number of aliphatic hydroxyl groups is 2. The van der Waals surface area contributed by atoms with E-state index in [1.807, 2.05) is 6.92 Å². The van der Waals surface area contributed by atoms with Gasteiger partial charge in [-0.2, -0.15) is 0 Å². The number of amides is 1. The lowest BCUT2D eigenvalue weighted by atomic mass is 10.1. The molecule has 1 rings (SSSR count). The van der Waals surface area contributed by atoms with Crippen molar-refractivity contribution in [2.45, 2.75) is 32.5 Å². The van der Waals surface area contributed by atoms with Gasteiger partial charge in [0.15, 0.2) is 6.10 Å². The molecular weight excluding hydrogens is 282 g/mol. The third kappa shape index (κ3) is 5.00. The molecule has 0 saturated carbocycles. The van der Waals surface area contributed by atoms with Crippen LogP contribution in [-0.4, -0.2) is 41.0 Å². The first-order valence-electron chi connectivity index (χ1n) is 6.29. The molecule has 0 aliphatic rings. The molecule has 0 radical (unpaired) electrons. The van der Waals surface area contributed by atoms with Gasteiger partial charge >= 0.3 is 0 Å². The Morgan fingerprint density at radius 1 is 1.55 bits per heavy atom. The molecule has 0 bridgehead atoms. The molecule has 1 amide bonds. The number of aliphatic hydroxyl groups excluding tert-OH is 1. The zero-order valence-corrected chi connectivity index (χ0v) is 12.6. The zero-order chi connectivity index (χ0) is 15.3. The smallest absolute Gasteiger partial charge is 0.260 e. The van der Waals surface area contributed by atoms with Crippen LogP contribution in [0.3, 0.4) is 0 Å². The summed E-state index contributed by atoms with van der Waals surface area (Å²) in [6.07, 6.45) is -0.718. The first-order valence-corrected chi connectivity index (χ1v) is 6.67. The number of rotatable bonds is 6. The van der Waals surface area contributed by atoms with E-state index in [0.717, 1.165) is 5.56 Å². The Kier molecular flexibility index (Phi) is 5.80. The molecule has 2 atom stereocenters. The minimum Gasteiger partial charge on any atom is -0.481 e. The van der Waals surface area contributed by atoms with Crippen molar-refractivity contribution in [3.05, 3.63) is 28.8 Å². The van der Waals surface area contributed by atoms with E-state index in [1.165, 1.54) is 6.92 Å². The van der Waals surface area contributed by atoms with Gasteiger partial charge in [-0.1, -0.05) is 11.6 Å². The number of halogens is 1. The largest absolute Gasteiger partial charge is 0.481 e. The van der Waals surface area contributed by atoms with Crippen LogP contribution in [-0.2, 0) is 4.79 Å². The minimum atomic E-state index is -1.34. The Labute approximate surface area is 123 Å². The van der Waals surface area contributed by atoms with Gasteiger partial charge in [-0.05, 0) is 44.5 Å². The first kappa shape index (κ1) is 16.8. The number of carbonyl (C=O) groups excluding carboxylic acids is 1. The Morgan fingerprint density at radius 2 is 2.20 bits per heavy atom. The third-order valence-electron chi connectivity index (χ3n) is 2.79. The van der Waals surface area contributed by atoms with Gasteiger partial charge in [0.05, 0.1) is 6.61 Å². The average Bonchev–Trinajstić information content (AvgIpc) is 2.39. The molecule has 0 heterocycles. The van der Waals surface area contributed by atoms with Crippen molar-refractivity contribution in [3.63, 3.8) is 0 Å². The maximum absolute atomic E-state index is 11.8. The summed E-state index contributed by atoms with van der Waals surface area (Å²) in [5, 5.41) is 21.6. The molecule has 112 valence electrons. The third-order valence-corrected chi connectivity index (χ3v) is 3.03. The monoisotopic (exact) mass is 301 g/mol. The van der Waals surface area contributed by atoms with Gasteiger partial charge in [-0.15, -0.1) is 0 Å². The number of ether oxygens (including phenoxy) is 1. The predicted molar refractivity (Wildman–Crippen MR) is 77.0 cm³/mol. The van der Waals surface area contributed by atoms with E-state index < -0.39 is 18.3 Å².